The molecular weight excluding hydrogens is 247 g/mol. The van der Waals surface area contributed by atoms with E-state index >= 15 is 0 Å². The van der Waals surface area contributed by atoms with Gasteiger partial charge in [0.1, 0.15) is 5.52 Å². The summed E-state index contributed by atoms with van der Waals surface area (Å²) in [6.07, 6.45) is 2.95. The zero-order valence-electron chi connectivity index (χ0n) is 10.9. The van der Waals surface area contributed by atoms with Crippen LogP contribution in [0.1, 0.15) is 26.2 Å². The maximum Gasteiger partial charge on any atom is 0.296 e. The van der Waals surface area contributed by atoms with Crippen molar-refractivity contribution in [2.45, 2.75) is 31.7 Å². The van der Waals surface area contributed by atoms with Crippen molar-refractivity contribution < 1.29 is 13.5 Å². The summed E-state index contributed by atoms with van der Waals surface area (Å²) in [5.41, 5.74) is 0.607. The maximum absolute atomic E-state index is 13.6. The largest absolute Gasteiger partial charge is 0.423 e. The van der Waals surface area contributed by atoms with E-state index in [1.54, 1.807) is 12.1 Å². The van der Waals surface area contributed by atoms with Crippen molar-refractivity contribution in [2.24, 2.45) is 0 Å². The van der Waals surface area contributed by atoms with Crippen LogP contribution in [0.3, 0.4) is 0 Å². The fourth-order valence-corrected chi connectivity index (χ4v) is 2.64. The fraction of sp³-hybridized carbons (Fsp3) is 0.500. The van der Waals surface area contributed by atoms with Gasteiger partial charge in [0, 0.05) is 6.61 Å². The van der Waals surface area contributed by atoms with E-state index in [9.17, 15) is 4.39 Å². The third-order valence-corrected chi connectivity index (χ3v) is 3.57. The van der Waals surface area contributed by atoms with Gasteiger partial charge in [-0.2, -0.15) is 4.98 Å². The molecule has 1 aromatic carbocycles. The Morgan fingerprint density at radius 3 is 3.05 bits per heavy atom. The van der Waals surface area contributed by atoms with Crippen LogP contribution in [0.15, 0.2) is 22.6 Å². The number of para-hydroxylation sites is 1. The molecule has 0 aliphatic carbocycles. The Labute approximate surface area is 111 Å². The van der Waals surface area contributed by atoms with Gasteiger partial charge >= 0.3 is 0 Å². The van der Waals surface area contributed by atoms with Crippen molar-refractivity contribution in [2.75, 3.05) is 18.5 Å². The van der Waals surface area contributed by atoms with E-state index in [-0.39, 0.29) is 16.9 Å². The number of fused-ring (bicyclic) bond motifs is 1. The molecule has 1 unspecified atom stereocenters. The van der Waals surface area contributed by atoms with Gasteiger partial charge < -0.3 is 14.5 Å². The minimum atomic E-state index is -0.360. The van der Waals surface area contributed by atoms with Gasteiger partial charge in [0.05, 0.1) is 12.1 Å². The topological polar surface area (TPSA) is 47.3 Å². The quantitative estimate of drug-likeness (QED) is 0.920. The van der Waals surface area contributed by atoms with Crippen LogP contribution in [-0.4, -0.2) is 23.7 Å². The molecular formula is C14H17FN2O2. The van der Waals surface area contributed by atoms with Gasteiger partial charge in [0.15, 0.2) is 11.4 Å². The molecule has 1 saturated heterocycles. The number of benzene rings is 1. The number of anilines is 1. The molecule has 1 aromatic heterocycles. The lowest BCUT2D eigenvalue weighted by Gasteiger charge is -2.27. The van der Waals surface area contributed by atoms with Crippen LogP contribution in [0.4, 0.5) is 10.4 Å². The summed E-state index contributed by atoms with van der Waals surface area (Å²) in [5.74, 6) is -0.360. The lowest BCUT2D eigenvalue weighted by atomic mass is 9.93. The van der Waals surface area contributed by atoms with Crippen LogP contribution in [0.25, 0.3) is 11.1 Å². The molecule has 102 valence electrons. The zero-order valence-corrected chi connectivity index (χ0v) is 10.9. The molecule has 2 heterocycles. The number of hydrogen-bond acceptors (Lipinski definition) is 4. The highest BCUT2D eigenvalue weighted by Gasteiger charge is 2.35. The normalized spacial score (nSPS) is 23.1. The minimum absolute atomic E-state index is 0.133. The van der Waals surface area contributed by atoms with Crippen molar-refractivity contribution in [1.82, 2.24) is 4.98 Å². The van der Waals surface area contributed by atoms with Crippen molar-refractivity contribution >= 4 is 17.1 Å². The molecule has 5 heteroatoms. The number of halogens is 1. The number of rotatable bonds is 4. The van der Waals surface area contributed by atoms with Gasteiger partial charge in [-0.05, 0) is 25.0 Å². The van der Waals surface area contributed by atoms with Gasteiger partial charge in [-0.3, -0.25) is 0 Å². The molecule has 2 aromatic rings. The number of aromatic nitrogens is 1. The van der Waals surface area contributed by atoms with Crippen molar-refractivity contribution in [3.63, 3.8) is 0 Å². The predicted molar refractivity (Wildman–Crippen MR) is 70.7 cm³/mol. The first kappa shape index (κ1) is 12.4. The van der Waals surface area contributed by atoms with Gasteiger partial charge in [-0.25, -0.2) is 4.39 Å². The van der Waals surface area contributed by atoms with Crippen LogP contribution in [0, 0.1) is 5.82 Å². The Kier molecular flexibility index (Phi) is 3.14. The first-order valence-corrected chi connectivity index (χ1v) is 6.63. The van der Waals surface area contributed by atoms with Crippen LogP contribution < -0.4 is 5.32 Å². The smallest absolute Gasteiger partial charge is 0.296 e. The third kappa shape index (κ3) is 2.30. The van der Waals surface area contributed by atoms with E-state index in [0.29, 0.717) is 18.2 Å². The number of nitrogens with one attached hydrogen (secondary N) is 1. The molecule has 1 N–H and O–H groups in total. The molecule has 0 spiro atoms. The Balaban J connectivity index is 1.89. The summed E-state index contributed by atoms with van der Waals surface area (Å²) in [5, 5.41) is 3.30. The van der Waals surface area contributed by atoms with Crippen LogP contribution >= 0.6 is 0 Å². The van der Waals surface area contributed by atoms with Gasteiger partial charge in [0.2, 0.25) is 0 Å². The summed E-state index contributed by atoms with van der Waals surface area (Å²) < 4.78 is 24.6. The van der Waals surface area contributed by atoms with Crippen LogP contribution in [0.2, 0.25) is 0 Å². The molecule has 1 aliphatic heterocycles. The second kappa shape index (κ2) is 4.81. The minimum Gasteiger partial charge on any atom is -0.423 e. The molecule has 1 atom stereocenters. The maximum atomic E-state index is 13.6. The lowest BCUT2D eigenvalue weighted by molar-refractivity contribution is 0.179. The Bertz CT molecular complexity index is 576. The summed E-state index contributed by atoms with van der Waals surface area (Å²) >= 11 is 0. The summed E-state index contributed by atoms with van der Waals surface area (Å²) in [6.45, 7) is 3.51. The fourth-order valence-electron chi connectivity index (χ4n) is 2.64. The van der Waals surface area contributed by atoms with Crippen LogP contribution in [-0.2, 0) is 4.74 Å². The van der Waals surface area contributed by atoms with Crippen molar-refractivity contribution in [3.8, 4) is 0 Å². The summed E-state index contributed by atoms with van der Waals surface area (Å²) in [6, 6.07) is 5.09. The first-order valence-electron chi connectivity index (χ1n) is 6.63. The highest BCUT2D eigenvalue weighted by molar-refractivity contribution is 5.75. The standard InChI is InChI=1S/C14H17FN2O2/c1-2-6-14(7-8-18-9-14)17-13-16-12-10(15)4-3-5-11(12)19-13/h3-5H,2,6-9H2,1H3,(H,16,17). The molecule has 19 heavy (non-hydrogen) atoms. The predicted octanol–water partition coefficient (Wildman–Crippen LogP) is 3.34. The molecule has 3 rings (SSSR count). The molecule has 0 radical (unpaired) electrons. The van der Waals surface area contributed by atoms with Gasteiger partial charge in [-0.1, -0.05) is 19.4 Å². The Hall–Kier alpha value is -1.62. The summed E-state index contributed by atoms with van der Waals surface area (Å²) in [4.78, 5) is 4.19. The number of hydrogen-bond donors (Lipinski definition) is 1. The second-order valence-corrected chi connectivity index (χ2v) is 5.06. The highest BCUT2D eigenvalue weighted by Crippen LogP contribution is 2.30. The average molecular weight is 264 g/mol. The first-order chi connectivity index (χ1) is 9.22. The van der Waals surface area contributed by atoms with E-state index in [1.165, 1.54) is 6.07 Å². The van der Waals surface area contributed by atoms with Gasteiger partial charge in [-0.15, -0.1) is 0 Å². The van der Waals surface area contributed by atoms with Crippen LogP contribution in [0.5, 0.6) is 0 Å². The van der Waals surface area contributed by atoms with E-state index in [0.717, 1.165) is 25.9 Å². The zero-order chi connectivity index (χ0) is 13.3. The van der Waals surface area contributed by atoms with Crippen molar-refractivity contribution in [3.05, 3.63) is 24.0 Å². The number of oxazole rings is 1. The van der Waals surface area contributed by atoms with E-state index < -0.39 is 0 Å². The number of ether oxygens (including phenoxy) is 1. The van der Waals surface area contributed by atoms with E-state index in [1.807, 2.05) is 0 Å². The Morgan fingerprint density at radius 2 is 2.37 bits per heavy atom. The summed E-state index contributed by atoms with van der Waals surface area (Å²) in [7, 11) is 0. The molecule has 1 fully saturated rings. The lowest BCUT2D eigenvalue weighted by Crippen LogP contribution is -2.38. The monoisotopic (exact) mass is 264 g/mol. The molecule has 1 aliphatic rings. The SMILES string of the molecule is CCCC1(Nc2nc3c(F)cccc3o2)CCOC1. The number of nitrogens with zero attached hydrogens (tertiary/aromatic N) is 1. The Morgan fingerprint density at radius 1 is 1.47 bits per heavy atom. The van der Waals surface area contributed by atoms with Gasteiger partial charge in [0.25, 0.3) is 6.01 Å². The third-order valence-electron chi connectivity index (χ3n) is 3.57. The molecule has 0 saturated carbocycles. The van der Waals surface area contributed by atoms with E-state index in [2.05, 4.69) is 17.2 Å². The molecule has 0 bridgehead atoms. The molecule has 4 nitrogen and oxygen atoms in total. The molecule has 0 amide bonds. The average Bonchev–Trinajstić information content (AvgIpc) is 2.98. The second-order valence-electron chi connectivity index (χ2n) is 5.06. The van der Waals surface area contributed by atoms with E-state index in [4.69, 9.17) is 9.15 Å². The highest BCUT2D eigenvalue weighted by atomic mass is 19.1. The van der Waals surface area contributed by atoms with Crippen molar-refractivity contribution in [1.29, 1.82) is 0 Å².